The number of hydrogen-bond donors (Lipinski definition) is 0. The van der Waals surface area contributed by atoms with Crippen LogP contribution in [0.3, 0.4) is 0 Å². The van der Waals surface area contributed by atoms with Gasteiger partial charge in [-0.1, -0.05) is 13.0 Å². The number of halogens is 2. The summed E-state index contributed by atoms with van der Waals surface area (Å²) in [7, 11) is 1.44. The minimum atomic E-state index is -2.83. The highest BCUT2D eigenvalue weighted by atomic mass is 19.3. The summed E-state index contributed by atoms with van der Waals surface area (Å²) in [5.41, 5.74) is 2.38. The Morgan fingerprint density at radius 2 is 1.75 bits per heavy atom. The van der Waals surface area contributed by atoms with E-state index in [0.29, 0.717) is 11.3 Å². The van der Waals surface area contributed by atoms with Gasteiger partial charge in [-0.15, -0.1) is 0 Å². The molecule has 0 bridgehead atoms. The molecule has 0 amide bonds. The molecule has 0 fully saturated rings. The van der Waals surface area contributed by atoms with Crippen molar-refractivity contribution in [3.05, 3.63) is 28.3 Å². The summed E-state index contributed by atoms with van der Waals surface area (Å²) in [5.74, 6) is -2.50. The second-order valence-electron chi connectivity index (χ2n) is 4.10. The minimum Gasteiger partial charge on any atom is -0.496 e. The number of benzene rings is 1. The van der Waals surface area contributed by atoms with E-state index in [1.54, 1.807) is 13.0 Å². The molecule has 1 aromatic rings. The quantitative estimate of drug-likeness (QED) is 0.756. The van der Waals surface area contributed by atoms with Crippen LogP contribution >= 0.6 is 0 Å². The van der Waals surface area contributed by atoms with Gasteiger partial charge < -0.3 is 4.74 Å². The highest BCUT2D eigenvalue weighted by molar-refractivity contribution is 5.51. The van der Waals surface area contributed by atoms with Gasteiger partial charge in [0.2, 0.25) is 0 Å². The lowest BCUT2D eigenvalue weighted by molar-refractivity contribution is -0.0111. The Bertz CT molecular complexity index is 397. The highest BCUT2D eigenvalue weighted by Gasteiger charge is 2.35. The number of hydrogen-bond acceptors (Lipinski definition) is 1. The van der Waals surface area contributed by atoms with Gasteiger partial charge in [0.15, 0.2) is 0 Å². The van der Waals surface area contributed by atoms with E-state index in [0.717, 1.165) is 11.1 Å². The third kappa shape index (κ3) is 2.04. The standard InChI is InChI=1S/C13H18F2O/c1-6-13(14,15)11-9(3)7-8(2)10(4)12(11)16-5/h7H,6H2,1-5H3. The molecule has 0 N–H and O–H groups in total. The van der Waals surface area contributed by atoms with Gasteiger partial charge in [-0.3, -0.25) is 0 Å². The molecule has 0 saturated carbocycles. The number of aryl methyl sites for hydroxylation is 2. The third-order valence-electron chi connectivity index (χ3n) is 3.00. The Hall–Kier alpha value is -1.12. The van der Waals surface area contributed by atoms with E-state index in [9.17, 15) is 8.78 Å². The van der Waals surface area contributed by atoms with E-state index in [-0.39, 0.29) is 12.0 Å². The van der Waals surface area contributed by atoms with Crippen molar-refractivity contribution in [1.29, 1.82) is 0 Å². The van der Waals surface area contributed by atoms with Crippen molar-refractivity contribution < 1.29 is 13.5 Å². The van der Waals surface area contributed by atoms with E-state index < -0.39 is 5.92 Å². The molecule has 1 nitrogen and oxygen atoms in total. The van der Waals surface area contributed by atoms with Crippen LogP contribution in [0, 0.1) is 20.8 Å². The summed E-state index contributed by atoms with van der Waals surface area (Å²) in [6, 6.07) is 1.79. The fraction of sp³-hybridized carbons (Fsp3) is 0.538. The maximum Gasteiger partial charge on any atom is 0.276 e. The summed E-state index contributed by atoms with van der Waals surface area (Å²) >= 11 is 0. The first kappa shape index (κ1) is 12.9. The lowest BCUT2D eigenvalue weighted by atomic mass is 9.94. The zero-order chi connectivity index (χ0) is 12.5. The molecule has 3 heteroatoms. The van der Waals surface area contributed by atoms with E-state index in [1.807, 2.05) is 13.8 Å². The van der Waals surface area contributed by atoms with Crippen molar-refractivity contribution in [2.75, 3.05) is 7.11 Å². The van der Waals surface area contributed by atoms with Crippen LogP contribution < -0.4 is 4.74 Å². The maximum atomic E-state index is 13.8. The second kappa shape index (κ2) is 4.40. The van der Waals surface area contributed by atoms with Crippen molar-refractivity contribution in [1.82, 2.24) is 0 Å². The molecule has 16 heavy (non-hydrogen) atoms. The first-order chi connectivity index (χ1) is 7.35. The van der Waals surface area contributed by atoms with Crippen LogP contribution in [-0.2, 0) is 5.92 Å². The summed E-state index contributed by atoms with van der Waals surface area (Å²) < 4.78 is 32.8. The maximum absolute atomic E-state index is 13.8. The Morgan fingerprint density at radius 3 is 2.19 bits per heavy atom. The van der Waals surface area contributed by atoms with Crippen molar-refractivity contribution in [2.45, 2.75) is 40.0 Å². The van der Waals surface area contributed by atoms with Crippen LogP contribution in [0.25, 0.3) is 0 Å². The summed E-state index contributed by atoms with van der Waals surface area (Å²) in [6.45, 7) is 6.89. The van der Waals surface area contributed by atoms with Gasteiger partial charge in [-0.05, 0) is 37.5 Å². The summed E-state index contributed by atoms with van der Waals surface area (Å²) in [4.78, 5) is 0. The SMILES string of the molecule is CCC(F)(F)c1c(C)cc(C)c(C)c1OC. The second-order valence-corrected chi connectivity index (χ2v) is 4.10. The monoisotopic (exact) mass is 228 g/mol. The molecule has 0 unspecified atom stereocenters. The number of methoxy groups -OCH3 is 1. The number of ether oxygens (including phenoxy) is 1. The predicted octanol–water partition coefficient (Wildman–Crippen LogP) is 4.12. The van der Waals surface area contributed by atoms with E-state index in [2.05, 4.69) is 0 Å². The molecular formula is C13H18F2O. The molecule has 0 aliphatic rings. The average molecular weight is 228 g/mol. The first-order valence-electron chi connectivity index (χ1n) is 5.38. The molecule has 0 aliphatic heterocycles. The van der Waals surface area contributed by atoms with Crippen LogP contribution in [0.4, 0.5) is 8.78 Å². The van der Waals surface area contributed by atoms with Gasteiger partial charge in [0.25, 0.3) is 5.92 Å². The molecule has 0 saturated heterocycles. The fourth-order valence-corrected chi connectivity index (χ4v) is 1.94. The van der Waals surface area contributed by atoms with Crippen molar-refractivity contribution in [3.8, 4) is 5.75 Å². The first-order valence-corrected chi connectivity index (χ1v) is 5.38. The van der Waals surface area contributed by atoms with Gasteiger partial charge in [0.05, 0.1) is 12.7 Å². The molecule has 0 radical (unpaired) electrons. The Morgan fingerprint density at radius 1 is 1.19 bits per heavy atom. The Kier molecular flexibility index (Phi) is 3.56. The van der Waals surface area contributed by atoms with Crippen molar-refractivity contribution in [3.63, 3.8) is 0 Å². The third-order valence-corrected chi connectivity index (χ3v) is 3.00. The fourth-order valence-electron chi connectivity index (χ4n) is 1.94. The predicted molar refractivity (Wildman–Crippen MR) is 61.4 cm³/mol. The number of alkyl halides is 2. The molecule has 0 aromatic heterocycles. The van der Waals surface area contributed by atoms with Gasteiger partial charge in [0, 0.05) is 6.42 Å². The van der Waals surface area contributed by atoms with Crippen LogP contribution in [-0.4, -0.2) is 7.11 Å². The molecule has 0 aliphatic carbocycles. The molecule has 1 aromatic carbocycles. The summed E-state index contributed by atoms with van der Waals surface area (Å²) in [5, 5.41) is 0. The van der Waals surface area contributed by atoms with Gasteiger partial charge in [0.1, 0.15) is 5.75 Å². The van der Waals surface area contributed by atoms with Gasteiger partial charge >= 0.3 is 0 Å². The molecule has 0 spiro atoms. The van der Waals surface area contributed by atoms with Gasteiger partial charge in [-0.2, -0.15) is 0 Å². The van der Waals surface area contributed by atoms with Crippen LogP contribution in [0.15, 0.2) is 6.07 Å². The lowest BCUT2D eigenvalue weighted by Crippen LogP contribution is -2.16. The Balaban J connectivity index is 3.55. The molecule has 90 valence electrons. The highest BCUT2D eigenvalue weighted by Crippen LogP contribution is 2.42. The molecule has 0 atom stereocenters. The van der Waals surface area contributed by atoms with E-state index in [1.165, 1.54) is 14.0 Å². The molecular weight excluding hydrogens is 210 g/mol. The molecule has 1 rings (SSSR count). The van der Waals surface area contributed by atoms with Crippen molar-refractivity contribution >= 4 is 0 Å². The molecule has 0 heterocycles. The average Bonchev–Trinajstić information content (AvgIpc) is 2.22. The summed E-state index contributed by atoms with van der Waals surface area (Å²) in [6.07, 6.45) is -0.216. The van der Waals surface area contributed by atoms with Crippen LogP contribution in [0.2, 0.25) is 0 Å². The van der Waals surface area contributed by atoms with Crippen LogP contribution in [0.5, 0.6) is 5.75 Å². The number of rotatable bonds is 3. The largest absolute Gasteiger partial charge is 0.496 e. The van der Waals surface area contributed by atoms with E-state index >= 15 is 0 Å². The zero-order valence-corrected chi connectivity index (χ0v) is 10.4. The minimum absolute atomic E-state index is 0.0283. The van der Waals surface area contributed by atoms with E-state index in [4.69, 9.17) is 4.74 Å². The lowest BCUT2D eigenvalue weighted by Gasteiger charge is -2.22. The van der Waals surface area contributed by atoms with Crippen LogP contribution in [0.1, 0.15) is 35.6 Å². The normalized spacial score (nSPS) is 11.7. The van der Waals surface area contributed by atoms with Gasteiger partial charge in [-0.25, -0.2) is 8.78 Å². The zero-order valence-electron chi connectivity index (χ0n) is 10.4. The van der Waals surface area contributed by atoms with Crippen molar-refractivity contribution in [2.24, 2.45) is 0 Å². The smallest absolute Gasteiger partial charge is 0.276 e. The Labute approximate surface area is 95.4 Å². The topological polar surface area (TPSA) is 9.23 Å².